The van der Waals surface area contributed by atoms with Crippen molar-refractivity contribution in [2.24, 2.45) is 0 Å². The molecule has 21 heavy (non-hydrogen) atoms. The van der Waals surface area contributed by atoms with Gasteiger partial charge >= 0.3 is 0 Å². The first-order valence-electron chi connectivity index (χ1n) is 7.06. The minimum Gasteiger partial charge on any atom is -0.389 e. The molecule has 0 aliphatic carbocycles. The number of rotatable bonds is 7. The molecule has 114 valence electrons. The Morgan fingerprint density at radius 2 is 2.14 bits per heavy atom. The Labute approximate surface area is 125 Å². The van der Waals surface area contributed by atoms with Gasteiger partial charge in [0.25, 0.3) is 0 Å². The number of para-hydroxylation sites is 1. The first kappa shape index (κ1) is 15.7. The van der Waals surface area contributed by atoms with Crippen molar-refractivity contribution in [3.8, 4) is 0 Å². The molecule has 0 fully saturated rings. The van der Waals surface area contributed by atoms with Crippen molar-refractivity contribution in [3.05, 3.63) is 35.9 Å². The Balaban J connectivity index is 2.16. The van der Waals surface area contributed by atoms with Gasteiger partial charge < -0.3 is 15.2 Å². The van der Waals surface area contributed by atoms with Crippen LogP contribution < -0.4 is 5.32 Å². The first-order valence-corrected chi connectivity index (χ1v) is 7.06. The quantitative estimate of drug-likeness (QED) is 0.813. The van der Waals surface area contributed by atoms with E-state index in [9.17, 15) is 5.11 Å². The third kappa shape index (κ3) is 4.14. The summed E-state index contributed by atoms with van der Waals surface area (Å²) in [6.07, 6.45) is -0.480. The van der Waals surface area contributed by atoms with Gasteiger partial charge in [0, 0.05) is 38.2 Å². The van der Waals surface area contributed by atoms with Gasteiger partial charge in [0.1, 0.15) is 5.82 Å². The molecule has 1 unspecified atom stereocenters. The molecule has 1 atom stereocenters. The number of aliphatic hydroxyl groups is 1. The summed E-state index contributed by atoms with van der Waals surface area (Å²) in [4.78, 5) is 6.70. The molecule has 0 spiro atoms. The first-order chi connectivity index (χ1) is 10.1. The van der Waals surface area contributed by atoms with E-state index in [0.29, 0.717) is 13.2 Å². The number of hydrogen-bond acceptors (Lipinski definition) is 5. The van der Waals surface area contributed by atoms with Crippen molar-refractivity contribution in [1.29, 1.82) is 0 Å². The van der Waals surface area contributed by atoms with Crippen LogP contribution >= 0.6 is 0 Å². The van der Waals surface area contributed by atoms with Gasteiger partial charge in [-0.05, 0) is 19.2 Å². The van der Waals surface area contributed by atoms with E-state index in [2.05, 4.69) is 27.3 Å². The summed E-state index contributed by atoms with van der Waals surface area (Å²) < 4.78 is 4.96. The van der Waals surface area contributed by atoms with Crippen LogP contribution in [0, 0.1) is 0 Å². The zero-order chi connectivity index (χ0) is 15.2. The summed E-state index contributed by atoms with van der Waals surface area (Å²) in [5, 5.41) is 14.1. The lowest BCUT2D eigenvalue weighted by Gasteiger charge is -2.21. The topological polar surface area (TPSA) is 57.6 Å². The number of ether oxygens (including phenoxy) is 1. The zero-order valence-corrected chi connectivity index (χ0v) is 12.8. The van der Waals surface area contributed by atoms with Crippen molar-refractivity contribution in [3.63, 3.8) is 0 Å². The number of methoxy groups -OCH3 is 1. The highest BCUT2D eigenvalue weighted by Crippen LogP contribution is 2.21. The van der Waals surface area contributed by atoms with Crippen LogP contribution in [0.3, 0.4) is 0 Å². The summed E-state index contributed by atoms with van der Waals surface area (Å²) in [6.45, 7) is 1.62. The van der Waals surface area contributed by atoms with Gasteiger partial charge in [-0.15, -0.1) is 0 Å². The Morgan fingerprint density at radius 3 is 2.86 bits per heavy atom. The molecule has 0 saturated heterocycles. The van der Waals surface area contributed by atoms with Crippen molar-refractivity contribution in [1.82, 2.24) is 9.88 Å². The number of hydrogen-bond donors (Lipinski definition) is 2. The largest absolute Gasteiger partial charge is 0.389 e. The maximum Gasteiger partial charge on any atom is 0.130 e. The van der Waals surface area contributed by atoms with E-state index in [-0.39, 0.29) is 0 Å². The van der Waals surface area contributed by atoms with Crippen LogP contribution in [-0.2, 0) is 11.3 Å². The lowest BCUT2D eigenvalue weighted by molar-refractivity contribution is 0.0419. The lowest BCUT2D eigenvalue weighted by Crippen LogP contribution is -2.31. The number of nitrogens with zero attached hydrogens (tertiary/aromatic N) is 2. The molecular weight excluding hydrogens is 266 g/mol. The molecule has 5 nitrogen and oxygen atoms in total. The van der Waals surface area contributed by atoms with E-state index < -0.39 is 6.10 Å². The van der Waals surface area contributed by atoms with Gasteiger partial charge in [-0.2, -0.15) is 0 Å². The van der Waals surface area contributed by atoms with Crippen molar-refractivity contribution < 1.29 is 9.84 Å². The zero-order valence-electron chi connectivity index (χ0n) is 12.8. The predicted octanol–water partition coefficient (Wildman–Crippen LogP) is 1.72. The van der Waals surface area contributed by atoms with Crippen LogP contribution in [0.2, 0.25) is 0 Å². The molecule has 5 heteroatoms. The second-order valence-corrected chi connectivity index (χ2v) is 5.24. The number of aromatic nitrogens is 1. The summed E-state index contributed by atoms with van der Waals surface area (Å²) in [7, 11) is 5.45. The summed E-state index contributed by atoms with van der Waals surface area (Å²) in [5.74, 6) is 0.877. The van der Waals surface area contributed by atoms with E-state index in [1.165, 1.54) is 0 Å². The molecule has 0 saturated carbocycles. The van der Waals surface area contributed by atoms with Gasteiger partial charge in [-0.1, -0.05) is 18.2 Å². The van der Waals surface area contributed by atoms with Gasteiger partial charge in [0.2, 0.25) is 0 Å². The van der Waals surface area contributed by atoms with Crippen molar-refractivity contribution in [2.45, 2.75) is 12.6 Å². The van der Waals surface area contributed by atoms with Crippen LogP contribution in [-0.4, -0.2) is 55.5 Å². The van der Waals surface area contributed by atoms with Crippen LogP contribution in [0.15, 0.2) is 30.3 Å². The minimum absolute atomic E-state index is 0.346. The molecule has 1 aromatic carbocycles. The summed E-state index contributed by atoms with van der Waals surface area (Å²) >= 11 is 0. The minimum atomic E-state index is -0.480. The van der Waals surface area contributed by atoms with Gasteiger partial charge in [-0.3, -0.25) is 4.90 Å². The average molecular weight is 289 g/mol. The molecule has 0 amide bonds. The SMILES string of the molecule is CNc1nc2ccccc2cc1CN(C)CC(O)COC. The van der Waals surface area contributed by atoms with Gasteiger partial charge in [0.15, 0.2) is 0 Å². The molecule has 0 bridgehead atoms. The third-order valence-electron chi connectivity index (χ3n) is 3.36. The number of benzene rings is 1. The fraction of sp³-hybridized carbons (Fsp3) is 0.438. The van der Waals surface area contributed by atoms with Crippen molar-refractivity contribution in [2.75, 3.05) is 39.7 Å². The van der Waals surface area contributed by atoms with Crippen LogP contribution in [0.25, 0.3) is 10.9 Å². The predicted molar refractivity (Wildman–Crippen MR) is 85.5 cm³/mol. The van der Waals surface area contributed by atoms with E-state index in [0.717, 1.165) is 28.8 Å². The number of likely N-dealkylation sites (N-methyl/N-ethyl adjacent to an activating group) is 1. The highest BCUT2D eigenvalue weighted by molar-refractivity contribution is 5.81. The van der Waals surface area contributed by atoms with E-state index in [4.69, 9.17) is 4.74 Å². The summed E-state index contributed by atoms with van der Waals surface area (Å²) in [5.41, 5.74) is 2.09. The van der Waals surface area contributed by atoms with E-state index >= 15 is 0 Å². The molecule has 2 aromatic rings. The van der Waals surface area contributed by atoms with Gasteiger partial charge in [0.05, 0.1) is 18.2 Å². The smallest absolute Gasteiger partial charge is 0.130 e. The highest BCUT2D eigenvalue weighted by atomic mass is 16.5. The van der Waals surface area contributed by atoms with Crippen LogP contribution in [0.1, 0.15) is 5.56 Å². The second-order valence-electron chi connectivity index (χ2n) is 5.24. The van der Waals surface area contributed by atoms with Crippen LogP contribution in [0.5, 0.6) is 0 Å². The molecule has 2 rings (SSSR count). The normalized spacial score (nSPS) is 12.8. The van der Waals surface area contributed by atoms with Crippen LogP contribution in [0.4, 0.5) is 5.82 Å². The number of aliphatic hydroxyl groups excluding tert-OH is 1. The van der Waals surface area contributed by atoms with E-state index in [1.54, 1.807) is 7.11 Å². The molecular formula is C16H23N3O2. The number of anilines is 1. The van der Waals surface area contributed by atoms with E-state index in [1.807, 2.05) is 32.3 Å². The fourth-order valence-electron chi connectivity index (χ4n) is 2.46. The Hall–Kier alpha value is -1.69. The molecule has 2 N–H and O–H groups in total. The Morgan fingerprint density at radius 1 is 1.38 bits per heavy atom. The standard InChI is InChI=1S/C16H23N3O2/c1-17-16-13(9-19(2)10-14(20)11-21-3)8-12-6-4-5-7-15(12)18-16/h4-8,14,20H,9-11H2,1-3H3,(H,17,18). The Bertz CT molecular complexity index is 589. The monoisotopic (exact) mass is 289 g/mol. The summed E-state index contributed by atoms with van der Waals surface area (Å²) in [6, 6.07) is 10.2. The van der Waals surface area contributed by atoms with Crippen molar-refractivity contribution >= 4 is 16.7 Å². The Kier molecular flexibility index (Phi) is 5.50. The lowest BCUT2D eigenvalue weighted by atomic mass is 10.1. The average Bonchev–Trinajstić information content (AvgIpc) is 2.46. The third-order valence-corrected chi connectivity index (χ3v) is 3.36. The highest BCUT2D eigenvalue weighted by Gasteiger charge is 2.11. The number of pyridine rings is 1. The molecule has 1 heterocycles. The maximum atomic E-state index is 9.80. The molecule has 0 aliphatic rings. The molecule has 0 aliphatic heterocycles. The number of fused-ring (bicyclic) bond motifs is 1. The maximum absolute atomic E-state index is 9.80. The fourth-order valence-corrected chi connectivity index (χ4v) is 2.46. The molecule has 1 aromatic heterocycles. The second kappa shape index (κ2) is 7.36. The molecule has 0 radical (unpaired) electrons. The number of nitrogens with one attached hydrogen (secondary N) is 1. The van der Waals surface area contributed by atoms with Gasteiger partial charge in [-0.25, -0.2) is 4.98 Å².